The number of nitro groups is 1. The maximum atomic E-state index is 13.8. The molecule has 0 saturated heterocycles. The molecule has 0 bridgehead atoms. The molecule has 0 spiro atoms. The predicted molar refractivity (Wildman–Crippen MR) is 122 cm³/mol. The predicted octanol–water partition coefficient (Wildman–Crippen LogP) is 5.65. The number of carbonyl (C=O) groups excluding carboxylic acids is 2. The number of carbonyl (C=O) groups is 2. The summed E-state index contributed by atoms with van der Waals surface area (Å²) < 4.78 is 46.8. The molecule has 0 saturated carbocycles. The van der Waals surface area contributed by atoms with Crippen molar-refractivity contribution in [2.45, 2.75) is 31.0 Å². The van der Waals surface area contributed by atoms with Crippen molar-refractivity contribution >= 4 is 28.8 Å². The number of halogens is 3. The van der Waals surface area contributed by atoms with Crippen LogP contribution in [0.25, 0.3) is 0 Å². The molecule has 36 heavy (non-hydrogen) atoms. The minimum Gasteiger partial charge on any atom is -0.467 e. The summed E-state index contributed by atoms with van der Waals surface area (Å²) in [5, 5.41) is 14.3. The molecule has 184 valence electrons. The average Bonchev–Trinajstić information content (AvgIpc) is 3.32. The van der Waals surface area contributed by atoms with E-state index in [0.717, 1.165) is 0 Å². The lowest BCUT2D eigenvalue weighted by atomic mass is 9.79. The second-order valence-electron chi connectivity index (χ2n) is 8.51. The smallest absolute Gasteiger partial charge is 0.467 e. The number of nitro benzene ring substituents is 1. The number of nitrogens with zero attached hydrogens (tertiary/aromatic N) is 2. The zero-order valence-corrected chi connectivity index (χ0v) is 18.5. The van der Waals surface area contributed by atoms with Gasteiger partial charge in [0.15, 0.2) is 5.78 Å². The molecular formula is C25H18F3N3O5. The molecule has 0 unspecified atom stereocenters. The number of fused-ring (bicyclic) bond motifs is 1. The molecule has 1 aromatic heterocycles. The molecule has 2 aromatic carbocycles. The fraction of sp³-hybridized carbons (Fsp3) is 0.200. The lowest BCUT2D eigenvalue weighted by molar-refractivity contribution is -0.384. The number of rotatable bonds is 3. The van der Waals surface area contributed by atoms with Crippen LogP contribution in [0.2, 0.25) is 0 Å². The summed E-state index contributed by atoms with van der Waals surface area (Å²) in [7, 11) is 0. The summed E-state index contributed by atoms with van der Waals surface area (Å²) in [6, 6.07) is 13.3. The number of amides is 1. The fourth-order valence-electron chi connectivity index (χ4n) is 4.79. The highest BCUT2D eigenvalue weighted by Gasteiger charge is 2.50. The molecule has 0 fully saturated rings. The molecular weight excluding hydrogens is 479 g/mol. The van der Waals surface area contributed by atoms with Crippen LogP contribution in [-0.4, -0.2) is 22.8 Å². The van der Waals surface area contributed by atoms with Gasteiger partial charge in [0.2, 0.25) is 0 Å². The molecule has 1 amide bonds. The first kappa shape index (κ1) is 23.3. The summed E-state index contributed by atoms with van der Waals surface area (Å²) in [5.41, 5.74) is 0.893. The molecule has 5 rings (SSSR count). The van der Waals surface area contributed by atoms with Crippen LogP contribution >= 0.6 is 0 Å². The summed E-state index contributed by atoms with van der Waals surface area (Å²) in [5.74, 6) is -3.09. The molecule has 2 heterocycles. The van der Waals surface area contributed by atoms with Crippen LogP contribution in [0, 0.1) is 10.1 Å². The molecule has 8 nitrogen and oxygen atoms in total. The number of benzene rings is 2. The third-order valence-electron chi connectivity index (χ3n) is 6.32. The van der Waals surface area contributed by atoms with Gasteiger partial charge in [0.1, 0.15) is 11.8 Å². The van der Waals surface area contributed by atoms with Crippen LogP contribution in [0.3, 0.4) is 0 Å². The van der Waals surface area contributed by atoms with Crippen molar-refractivity contribution in [2.24, 2.45) is 0 Å². The summed E-state index contributed by atoms with van der Waals surface area (Å²) in [6.07, 6.45) is -3.88. The monoisotopic (exact) mass is 497 g/mol. The zero-order chi connectivity index (χ0) is 25.6. The van der Waals surface area contributed by atoms with Gasteiger partial charge in [-0.3, -0.25) is 24.6 Å². The van der Waals surface area contributed by atoms with Gasteiger partial charge in [0.05, 0.1) is 22.6 Å². The normalized spacial score (nSPS) is 19.8. The third-order valence-corrected chi connectivity index (χ3v) is 6.32. The Morgan fingerprint density at radius 2 is 1.86 bits per heavy atom. The van der Waals surface area contributed by atoms with Crippen LogP contribution in [0.4, 0.5) is 30.2 Å². The van der Waals surface area contributed by atoms with Crippen LogP contribution in [0.15, 0.2) is 82.6 Å². The van der Waals surface area contributed by atoms with Gasteiger partial charge in [-0.1, -0.05) is 24.3 Å². The van der Waals surface area contributed by atoms with Crippen molar-refractivity contribution in [1.82, 2.24) is 0 Å². The van der Waals surface area contributed by atoms with E-state index in [2.05, 4.69) is 5.32 Å². The fourth-order valence-corrected chi connectivity index (χ4v) is 4.79. The molecule has 2 atom stereocenters. The van der Waals surface area contributed by atoms with E-state index in [1.54, 1.807) is 12.1 Å². The number of para-hydroxylation sites is 2. The lowest BCUT2D eigenvalue weighted by Crippen LogP contribution is -2.45. The average molecular weight is 497 g/mol. The first-order valence-electron chi connectivity index (χ1n) is 11.0. The Hall–Kier alpha value is -4.41. The molecule has 0 radical (unpaired) electrons. The van der Waals surface area contributed by atoms with Crippen molar-refractivity contribution in [2.75, 3.05) is 10.2 Å². The van der Waals surface area contributed by atoms with Crippen molar-refractivity contribution in [3.63, 3.8) is 0 Å². The number of anilines is 2. The van der Waals surface area contributed by atoms with E-state index in [4.69, 9.17) is 4.42 Å². The SMILES string of the molecule is O=C1C[C@H](c2cccc([N+](=O)[O-])c2)CC2=C1[C@H](c1ccco1)N(C(=O)C(F)(F)F)c1ccccc1N2. The maximum Gasteiger partial charge on any atom is 0.471 e. The number of hydrogen-bond acceptors (Lipinski definition) is 6. The number of furan rings is 1. The van der Waals surface area contributed by atoms with E-state index in [1.807, 2.05) is 0 Å². The van der Waals surface area contributed by atoms with Gasteiger partial charge in [-0.05, 0) is 42.2 Å². The number of hydrogen-bond donors (Lipinski definition) is 1. The summed E-state index contributed by atoms with van der Waals surface area (Å²) >= 11 is 0. The standard InChI is InChI=1S/C25H18F3N3O5/c26-25(27,28)24(33)30-19-8-2-1-7-17(19)29-18-12-15(14-5-3-6-16(11-14)31(34)35)13-20(32)22(18)23(30)21-9-4-10-36-21/h1-11,15,23,29H,12-13H2/t15-,23+/m1/s1. The molecule has 1 aliphatic heterocycles. The Morgan fingerprint density at radius 3 is 2.56 bits per heavy atom. The Morgan fingerprint density at radius 1 is 1.08 bits per heavy atom. The van der Waals surface area contributed by atoms with Crippen LogP contribution in [-0.2, 0) is 9.59 Å². The first-order chi connectivity index (χ1) is 17.1. The second-order valence-corrected chi connectivity index (χ2v) is 8.51. The van der Waals surface area contributed by atoms with Gasteiger partial charge in [-0.25, -0.2) is 0 Å². The van der Waals surface area contributed by atoms with Crippen LogP contribution in [0.1, 0.15) is 36.1 Å². The molecule has 2 aliphatic rings. The Labute approximate surface area is 202 Å². The number of Topliss-reactive ketones (excluding diaryl/α,β-unsaturated/α-hetero) is 1. The highest BCUT2D eigenvalue weighted by Crippen LogP contribution is 2.48. The number of ketones is 1. The van der Waals surface area contributed by atoms with Gasteiger partial charge in [0.25, 0.3) is 5.69 Å². The highest BCUT2D eigenvalue weighted by atomic mass is 19.4. The third kappa shape index (κ3) is 4.02. The van der Waals surface area contributed by atoms with Gasteiger partial charge in [-0.2, -0.15) is 13.2 Å². The van der Waals surface area contributed by atoms with Crippen LogP contribution < -0.4 is 10.2 Å². The van der Waals surface area contributed by atoms with Gasteiger partial charge >= 0.3 is 12.1 Å². The largest absolute Gasteiger partial charge is 0.471 e. The quantitative estimate of drug-likeness (QED) is 0.370. The van der Waals surface area contributed by atoms with E-state index in [9.17, 15) is 32.9 Å². The lowest BCUT2D eigenvalue weighted by Gasteiger charge is -2.33. The van der Waals surface area contributed by atoms with E-state index in [0.29, 0.717) is 16.2 Å². The molecule has 1 aliphatic carbocycles. The van der Waals surface area contributed by atoms with E-state index in [1.165, 1.54) is 54.8 Å². The second kappa shape index (κ2) is 8.67. The van der Waals surface area contributed by atoms with Gasteiger partial charge < -0.3 is 9.73 Å². The summed E-state index contributed by atoms with van der Waals surface area (Å²) in [4.78, 5) is 37.6. The number of alkyl halides is 3. The number of non-ortho nitro benzene ring substituents is 1. The molecule has 11 heteroatoms. The minimum atomic E-state index is -5.22. The van der Waals surface area contributed by atoms with Crippen LogP contribution in [0.5, 0.6) is 0 Å². The molecule has 1 N–H and O–H groups in total. The Bertz CT molecular complexity index is 1400. The topological polar surface area (TPSA) is 106 Å². The number of allylic oxidation sites excluding steroid dienone is 1. The Balaban J connectivity index is 1.68. The summed E-state index contributed by atoms with van der Waals surface area (Å²) in [6.45, 7) is 0. The minimum absolute atomic E-state index is 0.000696. The van der Waals surface area contributed by atoms with E-state index in [-0.39, 0.29) is 41.2 Å². The van der Waals surface area contributed by atoms with Crippen molar-refractivity contribution in [3.8, 4) is 0 Å². The first-order valence-corrected chi connectivity index (χ1v) is 11.0. The van der Waals surface area contributed by atoms with Crippen molar-refractivity contribution in [3.05, 3.63) is 99.6 Å². The zero-order valence-electron chi connectivity index (χ0n) is 18.5. The number of nitrogens with one attached hydrogen (secondary N) is 1. The van der Waals surface area contributed by atoms with Gasteiger partial charge in [-0.15, -0.1) is 0 Å². The Kier molecular flexibility index (Phi) is 5.62. The highest BCUT2D eigenvalue weighted by molar-refractivity contribution is 6.07. The molecule has 3 aromatic rings. The van der Waals surface area contributed by atoms with Gasteiger partial charge in [0, 0.05) is 29.8 Å². The van der Waals surface area contributed by atoms with E-state index >= 15 is 0 Å². The van der Waals surface area contributed by atoms with Crippen molar-refractivity contribution < 1.29 is 32.1 Å². The van der Waals surface area contributed by atoms with Crippen molar-refractivity contribution in [1.29, 1.82) is 0 Å². The maximum absolute atomic E-state index is 13.8. The van der Waals surface area contributed by atoms with E-state index < -0.39 is 34.7 Å².